The van der Waals surface area contributed by atoms with Crippen molar-refractivity contribution in [1.82, 2.24) is 5.32 Å². The maximum absolute atomic E-state index is 10.9. The number of rotatable bonds is 4. The van der Waals surface area contributed by atoms with Crippen molar-refractivity contribution in [3.63, 3.8) is 0 Å². The molecule has 0 radical (unpaired) electrons. The first-order valence-electron chi connectivity index (χ1n) is 8.45. The zero-order valence-corrected chi connectivity index (χ0v) is 14.7. The zero-order chi connectivity index (χ0) is 18.1. The quantitative estimate of drug-likeness (QED) is 0.653. The van der Waals surface area contributed by atoms with Crippen LogP contribution in [0.3, 0.4) is 0 Å². The van der Waals surface area contributed by atoms with Crippen molar-refractivity contribution in [3.05, 3.63) is 57.6 Å². The zero-order valence-electron chi connectivity index (χ0n) is 13.9. The van der Waals surface area contributed by atoms with Crippen molar-refractivity contribution in [3.8, 4) is 11.5 Å². The lowest BCUT2D eigenvalue weighted by molar-refractivity contribution is -0.384. The molecule has 136 valence electrons. The van der Waals surface area contributed by atoms with Gasteiger partial charge in [0.1, 0.15) is 0 Å². The van der Waals surface area contributed by atoms with Gasteiger partial charge < -0.3 is 19.7 Å². The molecule has 2 aliphatic rings. The summed E-state index contributed by atoms with van der Waals surface area (Å²) in [7, 11) is 0. The molecule has 2 aliphatic heterocycles. The van der Waals surface area contributed by atoms with Gasteiger partial charge in [0, 0.05) is 48.9 Å². The van der Waals surface area contributed by atoms with Crippen molar-refractivity contribution in [2.24, 2.45) is 0 Å². The summed E-state index contributed by atoms with van der Waals surface area (Å²) < 4.78 is 11.6. The second kappa shape index (κ2) is 7.01. The maximum atomic E-state index is 10.9. The average Bonchev–Trinajstić information content (AvgIpc) is 3.03. The molecule has 0 bridgehead atoms. The number of hydrogen-bond acceptors (Lipinski definition) is 6. The number of nitro groups is 1. The molecule has 1 fully saturated rings. The molecule has 0 spiro atoms. The minimum atomic E-state index is -0.474. The molecule has 1 N–H and O–H groups in total. The average molecular weight is 376 g/mol. The Morgan fingerprint density at radius 3 is 2.88 bits per heavy atom. The smallest absolute Gasteiger partial charge is 0.273 e. The predicted molar refractivity (Wildman–Crippen MR) is 98.2 cm³/mol. The first-order valence-corrected chi connectivity index (χ1v) is 8.82. The Morgan fingerprint density at radius 1 is 1.23 bits per heavy atom. The Kier molecular flexibility index (Phi) is 4.57. The van der Waals surface area contributed by atoms with Crippen LogP contribution >= 0.6 is 11.6 Å². The number of hydrogen-bond donors (Lipinski definition) is 1. The summed E-state index contributed by atoms with van der Waals surface area (Å²) in [5.74, 6) is 0.959. The molecule has 8 heteroatoms. The highest BCUT2D eigenvalue weighted by Crippen LogP contribution is 2.39. The minimum absolute atomic E-state index is 0.00659. The van der Waals surface area contributed by atoms with Gasteiger partial charge in [0.05, 0.1) is 11.0 Å². The van der Waals surface area contributed by atoms with E-state index in [1.807, 2.05) is 24.3 Å². The van der Waals surface area contributed by atoms with Crippen LogP contribution in [-0.2, 0) is 0 Å². The molecule has 2 atom stereocenters. The van der Waals surface area contributed by atoms with E-state index < -0.39 is 11.2 Å². The van der Waals surface area contributed by atoms with Gasteiger partial charge in [-0.2, -0.15) is 0 Å². The molecule has 2 aromatic rings. The fourth-order valence-electron chi connectivity index (χ4n) is 3.39. The monoisotopic (exact) mass is 375 g/mol. The molecule has 2 heterocycles. The number of ether oxygens (including phenoxy) is 2. The fraction of sp³-hybridized carbons (Fsp3) is 0.333. The summed E-state index contributed by atoms with van der Waals surface area (Å²) in [5, 5.41) is 15.0. The van der Waals surface area contributed by atoms with Gasteiger partial charge in [-0.3, -0.25) is 10.1 Å². The second-order valence-corrected chi connectivity index (χ2v) is 6.76. The van der Waals surface area contributed by atoms with E-state index >= 15 is 0 Å². The topological polar surface area (TPSA) is 76.9 Å². The molecule has 7 nitrogen and oxygen atoms in total. The summed E-state index contributed by atoms with van der Waals surface area (Å²) in [6, 6.07) is 12.4. The third-order valence-corrected chi connectivity index (χ3v) is 4.84. The Balaban J connectivity index is 1.48. The van der Waals surface area contributed by atoms with E-state index in [4.69, 9.17) is 21.1 Å². The van der Waals surface area contributed by atoms with Crippen LogP contribution in [0.15, 0.2) is 42.5 Å². The number of nitro benzene ring substituents is 1. The third-order valence-electron chi connectivity index (χ3n) is 4.61. The van der Waals surface area contributed by atoms with Gasteiger partial charge >= 0.3 is 0 Å². The molecule has 0 amide bonds. The molecule has 0 aromatic heterocycles. The Bertz CT molecular complexity index is 832. The molecule has 0 saturated carbocycles. The van der Waals surface area contributed by atoms with Gasteiger partial charge in [-0.15, -0.1) is 0 Å². The third kappa shape index (κ3) is 3.40. The van der Waals surface area contributed by atoms with Crippen LogP contribution in [0.2, 0.25) is 5.02 Å². The first kappa shape index (κ1) is 16.9. The van der Waals surface area contributed by atoms with Crippen LogP contribution in [0.5, 0.6) is 11.5 Å². The normalized spacial score (nSPS) is 21.7. The lowest BCUT2D eigenvalue weighted by Gasteiger charge is -2.38. The van der Waals surface area contributed by atoms with Gasteiger partial charge in [0.2, 0.25) is 6.29 Å². The van der Waals surface area contributed by atoms with Crippen LogP contribution < -0.4 is 19.7 Å². The maximum Gasteiger partial charge on any atom is 0.273 e. The van der Waals surface area contributed by atoms with Crippen LogP contribution in [0, 0.1) is 10.1 Å². The highest BCUT2D eigenvalue weighted by atomic mass is 35.5. The molecular formula is C18H18ClN3O4. The summed E-state index contributed by atoms with van der Waals surface area (Å²) in [4.78, 5) is 12.8. The molecular weight excluding hydrogens is 358 g/mol. The summed E-state index contributed by atoms with van der Waals surface area (Å²) in [6.07, 6.45) is 0.153. The number of anilines is 1. The second-order valence-electron chi connectivity index (χ2n) is 6.32. The number of non-ortho nitro benzene ring substituents is 1. The van der Waals surface area contributed by atoms with Crippen LogP contribution in [-0.4, -0.2) is 36.9 Å². The molecule has 2 unspecified atom stereocenters. The fourth-order valence-corrected chi connectivity index (χ4v) is 3.58. The Morgan fingerprint density at radius 2 is 2.08 bits per heavy atom. The van der Waals surface area contributed by atoms with Crippen LogP contribution in [0.4, 0.5) is 11.4 Å². The molecule has 1 saturated heterocycles. The van der Waals surface area contributed by atoms with E-state index in [9.17, 15) is 10.1 Å². The van der Waals surface area contributed by atoms with Crippen molar-refractivity contribution >= 4 is 23.0 Å². The molecule has 0 aliphatic carbocycles. The van der Waals surface area contributed by atoms with E-state index in [0.29, 0.717) is 22.9 Å². The largest absolute Gasteiger partial charge is 0.451 e. The van der Waals surface area contributed by atoms with Gasteiger partial charge in [-0.1, -0.05) is 17.7 Å². The van der Waals surface area contributed by atoms with E-state index in [-0.39, 0.29) is 11.7 Å². The van der Waals surface area contributed by atoms with E-state index in [1.54, 1.807) is 6.07 Å². The summed E-state index contributed by atoms with van der Waals surface area (Å²) in [5.41, 5.74) is 1.06. The van der Waals surface area contributed by atoms with E-state index in [2.05, 4.69) is 10.2 Å². The Hall–Kier alpha value is -2.51. The SMILES string of the molecule is O=[N+]([O-])c1ccc2c(c1)OC(CC1CNCCN1c1cccc(Cl)c1)O2. The number of fused-ring (bicyclic) bond motifs is 1. The highest BCUT2D eigenvalue weighted by molar-refractivity contribution is 6.30. The first-order chi connectivity index (χ1) is 12.6. The predicted octanol–water partition coefficient (Wildman–Crippen LogP) is 3.21. The van der Waals surface area contributed by atoms with Gasteiger partial charge in [-0.25, -0.2) is 0 Å². The van der Waals surface area contributed by atoms with E-state index in [1.165, 1.54) is 12.1 Å². The van der Waals surface area contributed by atoms with Gasteiger partial charge in [-0.05, 0) is 24.3 Å². The van der Waals surface area contributed by atoms with Crippen molar-refractivity contribution in [1.29, 1.82) is 0 Å². The molecule has 4 rings (SSSR count). The number of benzene rings is 2. The minimum Gasteiger partial charge on any atom is -0.451 e. The lowest BCUT2D eigenvalue weighted by atomic mass is 10.1. The van der Waals surface area contributed by atoms with Crippen LogP contribution in [0.25, 0.3) is 0 Å². The summed E-state index contributed by atoms with van der Waals surface area (Å²) >= 11 is 6.14. The summed E-state index contributed by atoms with van der Waals surface area (Å²) in [6.45, 7) is 2.55. The highest BCUT2D eigenvalue weighted by Gasteiger charge is 2.32. The molecule has 26 heavy (non-hydrogen) atoms. The van der Waals surface area contributed by atoms with Gasteiger partial charge in [0.15, 0.2) is 11.5 Å². The molecule has 2 aromatic carbocycles. The number of piperazine rings is 1. The lowest BCUT2D eigenvalue weighted by Crippen LogP contribution is -2.53. The van der Waals surface area contributed by atoms with Crippen LogP contribution in [0.1, 0.15) is 6.42 Å². The van der Waals surface area contributed by atoms with Crippen molar-refractivity contribution < 1.29 is 14.4 Å². The standard InChI is InChI=1S/C18H18ClN3O4/c19-12-2-1-3-13(8-12)21-7-6-20-11-15(21)10-18-25-16-5-4-14(22(23)24)9-17(16)26-18/h1-5,8-9,15,18,20H,6-7,10-11H2. The van der Waals surface area contributed by atoms with E-state index in [0.717, 1.165) is 25.3 Å². The number of halogens is 1. The number of nitrogens with zero attached hydrogens (tertiary/aromatic N) is 2. The van der Waals surface area contributed by atoms with Crippen molar-refractivity contribution in [2.75, 3.05) is 24.5 Å². The van der Waals surface area contributed by atoms with Gasteiger partial charge in [0.25, 0.3) is 5.69 Å². The number of nitrogens with one attached hydrogen (secondary N) is 1. The Labute approximate surface area is 155 Å². The van der Waals surface area contributed by atoms with Crippen molar-refractivity contribution in [2.45, 2.75) is 18.8 Å².